The molecule has 0 saturated heterocycles. The van der Waals surface area contributed by atoms with Gasteiger partial charge in [-0.2, -0.15) is 0 Å². The minimum absolute atomic E-state index is 0.0858. The zero-order valence-electron chi connectivity index (χ0n) is 11.3. The first-order valence-corrected chi connectivity index (χ1v) is 6.59. The third-order valence-corrected chi connectivity index (χ3v) is 3.83. The summed E-state index contributed by atoms with van der Waals surface area (Å²) in [6.45, 7) is 1.96. The summed E-state index contributed by atoms with van der Waals surface area (Å²) >= 11 is 0. The summed E-state index contributed by atoms with van der Waals surface area (Å²) < 4.78 is 0. The van der Waals surface area contributed by atoms with Crippen LogP contribution in [0.1, 0.15) is 36.5 Å². The van der Waals surface area contributed by atoms with Gasteiger partial charge < -0.3 is 10.7 Å². The quantitative estimate of drug-likeness (QED) is 0.432. The number of hydrazine groups is 1. The van der Waals surface area contributed by atoms with E-state index in [4.69, 9.17) is 5.84 Å². The summed E-state index contributed by atoms with van der Waals surface area (Å²) in [5.74, 6) is 5.42. The number of carbonyl (C=O) groups excluding carboxylic acids is 1. The number of nitro benzene ring substituents is 1. The van der Waals surface area contributed by atoms with E-state index in [9.17, 15) is 14.9 Å². The number of amides is 1. The first kappa shape index (κ1) is 14.3. The van der Waals surface area contributed by atoms with Gasteiger partial charge in [0.15, 0.2) is 0 Å². The molecule has 20 heavy (non-hydrogen) atoms. The fraction of sp³-hybridized carbons (Fsp3) is 0.462. The van der Waals surface area contributed by atoms with Crippen LogP contribution in [0.3, 0.4) is 0 Å². The second-order valence-corrected chi connectivity index (χ2v) is 5.09. The molecule has 1 fully saturated rings. The van der Waals surface area contributed by atoms with Gasteiger partial charge in [-0.05, 0) is 37.8 Å². The van der Waals surface area contributed by atoms with Crippen LogP contribution in [0.4, 0.5) is 11.4 Å². The molecule has 7 nitrogen and oxygen atoms in total. The van der Waals surface area contributed by atoms with E-state index in [1.165, 1.54) is 24.6 Å². The Labute approximate surface area is 116 Å². The summed E-state index contributed by atoms with van der Waals surface area (Å²) in [5.41, 5.74) is 2.48. The zero-order valence-corrected chi connectivity index (χ0v) is 11.3. The highest BCUT2D eigenvalue weighted by Gasteiger charge is 2.26. The highest BCUT2D eigenvalue weighted by atomic mass is 16.6. The standard InChI is InChI=1S/C13H18N4O3/c1-8(9-3-2-4-9)15-13(18)10-5-6-11(16-14)12(7-10)17(19)20/h5-9,16H,2-4,14H2,1H3,(H,15,18). The molecular weight excluding hydrogens is 260 g/mol. The summed E-state index contributed by atoms with van der Waals surface area (Å²) in [4.78, 5) is 22.4. The van der Waals surface area contributed by atoms with Crippen LogP contribution in [-0.2, 0) is 0 Å². The number of anilines is 1. The SMILES string of the molecule is CC(NC(=O)c1ccc(NN)c([N+](=O)[O-])c1)C1CCC1. The van der Waals surface area contributed by atoms with Gasteiger partial charge in [-0.1, -0.05) is 6.42 Å². The van der Waals surface area contributed by atoms with Crippen molar-refractivity contribution in [2.24, 2.45) is 11.8 Å². The molecule has 108 valence electrons. The lowest BCUT2D eigenvalue weighted by Gasteiger charge is -2.31. The first-order valence-electron chi connectivity index (χ1n) is 6.59. The Morgan fingerprint density at radius 1 is 1.50 bits per heavy atom. The van der Waals surface area contributed by atoms with E-state index >= 15 is 0 Å². The molecule has 1 aromatic rings. The number of nitrogens with two attached hydrogens (primary N) is 1. The van der Waals surface area contributed by atoms with Crippen LogP contribution in [0.5, 0.6) is 0 Å². The molecule has 1 saturated carbocycles. The van der Waals surface area contributed by atoms with Crippen molar-refractivity contribution in [3.63, 3.8) is 0 Å². The van der Waals surface area contributed by atoms with E-state index < -0.39 is 4.92 Å². The van der Waals surface area contributed by atoms with Crippen molar-refractivity contribution in [1.82, 2.24) is 5.32 Å². The number of rotatable bonds is 5. The van der Waals surface area contributed by atoms with Crippen molar-refractivity contribution in [3.8, 4) is 0 Å². The molecule has 0 spiro atoms. The Morgan fingerprint density at radius 3 is 2.70 bits per heavy atom. The third kappa shape index (κ3) is 2.88. The van der Waals surface area contributed by atoms with E-state index in [-0.39, 0.29) is 28.9 Å². The average molecular weight is 278 g/mol. The van der Waals surface area contributed by atoms with Crippen molar-refractivity contribution in [3.05, 3.63) is 33.9 Å². The van der Waals surface area contributed by atoms with Gasteiger partial charge in [-0.25, -0.2) is 0 Å². The molecule has 0 heterocycles. The van der Waals surface area contributed by atoms with Gasteiger partial charge in [-0.15, -0.1) is 0 Å². The number of benzene rings is 1. The second-order valence-electron chi connectivity index (χ2n) is 5.09. The lowest BCUT2D eigenvalue weighted by Crippen LogP contribution is -2.40. The van der Waals surface area contributed by atoms with Crippen LogP contribution in [-0.4, -0.2) is 16.9 Å². The van der Waals surface area contributed by atoms with Crippen molar-refractivity contribution in [2.75, 3.05) is 5.43 Å². The van der Waals surface area contributed by atoms with Crippen LogP contribution >= 0.6 is 0 Å². The van der Waals surface area contributed by atoms with Crippen molar-refractivity contribution in [2.45, 2.75) is 32.2 Å². The Balaban J connectivity index is 2.13. The van der Waals surface area contributed by atoms with E-state index in [0.29, 0.717) is 5.92 Å². The van der Waals surface area contributed by atoms with Crippen LogP contribution in [0.15, 0.2) is 18.2 Å². The Bertz CT molecular complexity index is 528. The fourth-order valence-corrected chi connectivity index (χ4v) is 2.29. The maximum Gasteiger partial charge on any atom is 0.294 e. The van der Waals surface area contributed by atoms with Crippen LogP contribution in [0.25, 0.3) is 0 Å². The smallest absolute Gasteiger partial charge is 0.294 e. The third-order valence-electron chi connectivity index (χ3n) is 3.83. The normalized spacial score (nSPS) is 16.1. The molecular formula is C13H18N4O3. The molecule has 1 aliphatic carbocycles. The molecule has 0 aliphatic heterocycles. The Morgan fingerprint density at radius 2 is 2.20 bits per heavy atom. The van der Waals surface area contributed by atoms with Crippen molar-refractivity contribution in [1.29, 1.82) is 0 Å². The summed E-state index contributed by atoms with van der Waals surface area (Å²) in [7, 11) is 0. The Kier molecular flexibility index (Phi) is 4.19. The highest BCUT2D eigenvalue weighted by molar-refractivity contribution is 5.95. The fourth-order valence-electron chi connectivity index (χ4n) is 2.29. The number of hydrogen-bond acceptors (Lipinski definition) is 5. The van der Waals surface area contributed by atoms with E-state index in [0.717, 1.165) is 12.8 Å². The number of nitro groups is 1. The van der Waals surface area contributed by atoms with Gasteiger partial charge in [0.2, 0.25) is 0 Å². The monoisotopic (exact) mass is 278 g/mol. The average Bonchev–Trinajstić information content (AvgIpc) is 2.35. The topological polar surface area (TPSA) is 110 Å². The molecule has 0 bridgehead atoms. The number of carbonyl (C=O) groups is 1. The molecule has 1 amide bonds. The zero-order chi connectivity index (χ0) is 14.7. The van der Waals surface area contributed by atoms with E-state index in [1.807, 2.05) is 6.92 Å². The highest BCUT2D eigenvalue weighted by Crippen LogP contribution is 2.30. The van der Waals surface area contributed by atoms with E-state index in [2.05, 4.69) is 10.7 Å². The number of nitrogen functional groups attached to an aromatic ring is 1. The molecule has 7 heteroatoms. The maximum atomic E-state index is 12.1. The predicted octanol–water partition coefficient (Wildman–Crippen LogP) is 1.80. The van der Waals surface area contributed by atoms with Crippen molar-refractivity contribution < 1.29 is 9.72 Å². The predicted molar refractivity (Wildman–Crippen MR) is 75.2 cm³/mol. The summed E-state index contributed by atoms with van der Waals surface area (Å²) in [5, 5.41) is 13.8. The van der Waals surface area contributed by atoms with Crippen LogP contribution in [0.2, 0.25) is 0 Å². The molecule has 1 atom stereocenters. The largest absolute Gasteiger partial charge is 0.349 e. The van der Waals surface area contributed by atoms with Crippen molar-refractivity contribution >= 4 is 17.3 Å². The maximum absolute atomic E-state index is 12.1. The Hall–Kier alpha value is -2.15. The second kappa shape index (κ2) is 5.87. The number of nitrogens with zero attached hydrogens (tertiary/aromatic N) is 1. The lowest BCUT2D eigenvalue weighted by atomic mass is 9.80. The molecule has 0 radical (unpaired) electrons. The molecule has 1 aromatic carbocycles. The summed E-state index contributed by atoms with van der Waals surface area (Å²) in [6.07, 6.45) is 3.45. The van der Waals surface area contributed by atoms with Gasteiger partial charge in [0, 0.05) is 17.7 Å². The minimum atomic E-state index is -0.568. The summed E-state index contributed by atoms with van der Waals surface area (Å²) in [6, 6.07) is 4.27. The molecule has 4 N–H and O–H groups in total. The molecule has 1 aliphatic rings. The minimum Gasteiger partial charge on any atom is -0.349 e. The molecule has 2 rings (SSSR count). The molecule has 0 aromatic heterocycles. The van der Waals surface area contributed by atoms with Gasteiger partial charge >= 0.3 is 0 Å². The van der Waals surface area contributed by atoms with Gasteiger partial charge in [0.25, 0.3) is 11.6 Å². The van der Waals surface area contributed by atoms with E-state index in [1.54, 1.807) is 0 Å². The first-order chi connectivity index (χ1) is 9.52. The number of hydrogen-bond donors (Lipinski definition) is 3. The van der Waals surface area contributed by atoms with Crippen LogP contribution < -0.4 is 16.6 Å². The van der Waals surface area contributed by atoms with Crippen LogP contribution in [0, 0.1) is 16.0 Å². The lowest BCUT2D eigenvalue weighted by molar-refractivity contribution is -0.384. The van der Waals surface area contributed by atoms with Gasteiger partial charge in [0.1, 0.15) is 5.69 Å². The van der Waals surface area contributed by atoms with Gasteiger partial charge in [0.05, 0.1) is 4.92 Å². The molecule has 1 unspecified atom stereocenters. The number of nitrogens with one attached hydrogen (secondary N) is 2. The van der Waals surface area contributed by atoms with Gasteiger partial charge in [-0.3, -0.25) is 20.8 Å².